The monoisotopic (exact) mass is 1900 g/mol. The van der Waals surface area contributed by atoms with Gasteiger partial charge in [-0.1, -0.05) is 112 Å². The molecule has 0 radical (unpaired) electrons. The number of hydrogen-bond acceptors (Lipinski definition) is 31. The first kappa shape index (κ1) is 99.5. The van der Waals surface area contributed by atoms with Crippen molar-refractivity contribution in [2.75, 3.05) is 52.9 Å². The number of aliphatic carboxylic acids is 1. The third-order valence-electron chi connectivity index (χ3n) is 23.8. The highest BCUT2D eigenvalue weighted by molar-refractivity contribution is 6.33. The van der Waals surface area contributed by atoms with Crippen molar-refractivity contribution in [3.8, 4) is 80.1 Å². The molecule has 8 aliphatic heterocycles. The Balaban J connectivity index is 1.02. The topological polar surface area (TPSA) is 619 Å². The van der Waals surface area contributed by atoms with Gasteiger partial charge in [0, 0.05) is 48.2 Å². The Morgan fingerprint density at radius 2 is 1.15 bits per heavy atom. The number of halogens is 2. The number of aliphatic hydroxyl groups is 7. The summed E-state index contributed by atoms with van der Waals surface area (Å²) >= 11 is 14.4. The minimum Gasteiger partial charge on any atom is -0.508 e. The van der Waals surface area contributed by atoms with Gasteiger partial charge in [0.15, 0.2) is 29.1 Å². The summed E-state index contributed by atoms with van der Waals surface area (Å²) in [5.74, 6) is -18.0. The number of likely N-dealkylation sites (N-methyl/N-ethyl adjacent to an activating group) is 1. The predicted molar refractivity (Wildman–Crippen MR) is 478 cm³/mol. The zero-order valence-electron chi connectivity index (χ0n) is 72.9. The van der Waals surface area contributed by atoms with Crippen molar-refractivity contribution < 1.29 is 138 Å². The van der Waals surface area contributed by atoms with Gasteiger partial charge in [-0.05, 0) is 172 Å². The number of nitrogens with one attached hydrogen (secondary N) is 11. The third-order valence-corrected chi connectivity index (χ3v) is 24.5. The number of hydrogen-bond donors (Lipinski definition) is 24. The summed E-state index contributed by atoms with van der Waals surface area (Å²) in [5.41, 5.74) is 2.93. The van der Waals surface area contributed by atoms with Crippen molar-refractivity contribution in [2.45, 2.75) is 207 Å². The van der Waals surface area contributed by atoms with E-state index in [-0.39, 0.29) is 47.8 Å². The highest BCUT2D eigenvalue weighted by atomic mass is 35.5. The second-order valence-corrected chi connectivity index (χ2v) is 34.2. The first-order valence-corrected chi connectivity index (χ1v) is 45.0. The molecule has 8 amide bonds. The summed E-state index contributed by atoms with van der Waals surface area (Å²) in [6.07, 6.45) is -12.2. The maximum atomic E-state index is 16.9. The number of amides is 8. The van der Waals surface area contributed by atoms with Crippen LogP contribution in [0.15, 0.2) is 115 Å². The Bertz CT molecular complexity index is 5430. The van der Waals surface area contributed by atoms with E-state index in [1.165, 1.54) is 55.6 Å². The highest BCUT2D eigenvalue weighted by Gasteiger charge is 2.52. The molecular formula is C92H110Cl2N12O28. The molecule has 40 nitrogen and oxygen atoms in total. The third kappa shape index (κ3) is 23.5. The summed E-state index contributed by atoms with van der Waals surface area (Å²) < 4.78 is 44.6. The van der Waals surface area contributed by atoms with Crippen LogP contribution in [0, 0.1) is 0 Å². The number of aliphatic hydroxyl groups excluding tert-OH is 7. The number of carbonyl (C=O) groups excluding carboxylic acids is 8. The van der Waals surface area contributed by atoms with Crippen LogP contribution in [0.1, 0.15) is 166 Å². The molecule has 25 N–H and O–H groups in total. The van der Waals surface area contributed by atoms with Crippen LogP contribution in [0.5, 0.6) is 69.0 Å². The molecule has 720 valence electrons. The molecule has 17 bridgehead atoms. The molecule has 2 saturated heterocycles. The highest BCUT2D eigenvalue weighted by Crippen LogP contribution is 2.51. The van der Waals surface area contributed by atoms with E-state index in [0.29, 0.717) is 44.6 Å². The van der Waals surface area contributed by atoms with Gasteiger partial charge in [-0.2, -0.15) is 0 Å². The van der Waals surface area contributed by atoms with Gasteiger partial charge >= 0.3 is 5.97 Å². The van der Waals surface area contributed by atoms with E-state index in [9.17, 15) is 75.7 Å². The Morgan fingerprint density at radius 3 is 1.84 bits per heavy atom. The maximum Gasteiger partial charge on any atom is 0.335 e. The first-order chi connectivity index (χ1) is 64.3. The van der Waals surface area contributed by atoms with Gasteiger partial charge in [0.25, 0.3) is 0 Å². The van der Waals surface area contributed by atoms with Gasteiger partial charge in [0.2, 0.25) is 65.6 Å². The lowest BCUT2D eigenvalue weighted by Gasteiger charge is -2.41. The van der Waals surface area contributed by atoms with Crippen LogP contribution in [-0.2, 0) is 59.0 Å². The van der Waals surface area contributed by atoms with E-state index >= 15 is 28.8 Å². The molecule has 8 aliphatic rings. The van der Waals surface area contributed by atoms with Crippen LogP contribution < -0.4 is 87.9 Å². The SMILES string of the molecule is CCCCCCCCCCCC(=O)N[C@H]1[C@H](Oc2c3cc4cc2Oc2ccc(cc2Cl)[C@@H](O)[C@@H]2NC(=O)[C@H](NC(=O)[C@@H]4NC(=O)[C@H]4NC(=O)[C@@H](Cc5ccc(cc5)O3)NC(=O)[C@H](NC)c3ccc(O)c(c3)Oc3cc(O)c(Cl)c4c3)c3ccc(O)c(c3)-c3c(O[C@H]4O[C@H](CO)[C@@H](O)[C@H](O)[C@@H]4O)cc(O)cc3[C@H](C(=O)NCCCNCCCNCCCN)NC2=O)O[C@H](C(=O)O)[C@@H](O)[C@@H]1O. The lowest BCUT2D eigenvalue weighted by molar-refractivity contribution is -0.277. The van der Waals surface area contributed by atoms with E-state index in [0.717, 1.165) is 131 Å². The lowest BCUT2D eigenvalue weighted by Crippen LogP contribution is -2.66. The number of ether oxygens (including phenoxy) is 7. The lowest BCUT2D eigenvalue weighted by atomic mass is 9.89. The van der Waals surface area contributed by atoms with Crippen molar-refractivity contribution in [3.63, 3.8) is 0 Å². The molecule has 2 fully saturated rings. The van der Waals surface area contributed by atoms with E-state index in [1.54, 1.807) is 0 Å². The number of unbranched alkanes of at least 4 members (excludes halogenated alkanes) is 8. The Kier molecular flexibility index (Phi) is 33.7. The summed E-state index contributed by atoms with van der Waals surface area (Å²) in [7, 11) is 1.43. The number of fused-ring (bicyclic) bond motifs is 14. The molecule has 15 rings (SSSR count). The van der Waals surface area contributed by atoms with Gasteiger partial charge < -0.3 is 159 Å². The first-order valence-electron chi connectivity index (χ1n) is 44.3. The molecule has 0 saturated carbocycles. The number of nitrogens with two attached hydrogens (primary N) is 1. The van der Waals surface area contributed by atoms with E-state index in [1.807, 2.05) is 0 Å². The van der Waals surface area contributed by atoms with Crippen LogP contribution in [0.2, 0.25) is 10.0 Å². The molecule has 42 heteroatoms. The van der Waals surface area contributed by atoms with Crippen molar-refractivity contribution in [1.29, 1.82) is 0 Å². The number of phenols is 4. The zero-order valence-corrected chi connectivity index (χ0v) is 74.5. The normalized spacial score (nSPS) is 25.1. The number of rotatable bonds is 30. The van der Waals surface area contributed by atoms with Gasteiger partial charge in [-0.15, -0.1) is 0 Å². The van der Waals surface area contributed by atoms with Crippen molar-refractivity contribution in [3.05, 3.63) is 164 Å². The molecule has 8 heterocycles. The largest absolute Gasteiger partial charge is 0.508 e. The van der Waals surface area contributed by atoms with Gasteiger partial charge in [-0.3, -0.25) is 38.4 Å². The standard InChI is InChI=1S/C92H110Cl2N12O28/c1-3-4-5-6-7-8-9-10-11-15-65(112)101-74-77(115)79(117)82(90(126)127)134-91(74)133-81-62-36-47-37-63(81)130-59-25-20-46(34-54(59)93)75(113)73-89(125)105-71(84(120)99-31-14-30-98-29-13-28-97-27-12-26-95)52-38-48(108)39-61(131-92-80(118)78(116)76(114)64(42-107)132-92)66(52)51-33-44(18-23-56(51)109)69(86(122)106-73)102-87(123)70(47)103-88(124)72-53-40-50(41-58(111)67(53)94)129-60-35-45(19-24-57(60)110)68(96-2)85(121)100-55(83(119)104-72)32-43-16-21-49(128-62)22-17-43/h16-25,33-41,55,64,68-80,82,91-92,96-98,107-111,113-118H,3-15,26-32,42,95H2,1-2H3,(H,99,120)(H,100,121)(H,101,112)(H,102,123)(H,103,124)(H,104,119)(H,105,125)(H,106,122)(H,126,127)/t55-,64-,68-,69-,70-,71-,72+,73+,74-,75-,76-,77-,78+,79+,80+,82+,91-,92+/m1/s1. The zero-order chi connectivity index (χ0) is 95.9. The van der Waals surface area contributed by atoms with E-state index < -0.39 is 271 Å². The fourth-order valence-corrected chi connectivity index (χ4v) is 17.0. The average Bonchev–Trinajstić information content (AvgIpc) is 0.715. The number of carboxylic acid groups (broad SMARTS) is 1. The van der Waals surface area contributed by atoms with Gasteiger partial charge in [0.05, 0.1) is 16.7 Å². The second-order valence-electron chi connectivity index (χ2n) is 33.4. The van der Waals surface area contributed by atoms with Gasteiger partial charge in [0.1, 0.15) is 131 Å². The fraction of sp³-hybridized carbons (Fsp3) is 0.446. The van der Waals surface area contributed by atoms with Crippen molar-refractivity contribution in [2.24, 2.45) is 5.73 Å². The van der Waals surface area contributed by atoms with Crippen LogP contribution >= 0.6 is 23.2 Å². The Morgan fingerprint density at radius 1 is 0.522 bits per heavy atom. The molecule has 0 aromatic heterocycles. The van der Waals surface area contributed by atoms with Crippen LogP contribution in [0.3, 0.4) is 0 Å². The second kappa shape index (κ2) is 45.4. The summed E-state index contributed by atoms with van der Waals surface area (Å²) in [6.45, 7) is 3.83. The number of aromatic hydroxyl groups is 4. The molecule has 0 spiro atoms. The quantitative estimate of drug-likeness (QED) is 0.0286. The van der Waals surface area contributed by atoms with Crippen LogP contribution in [-0.4, -0.2) is 241 Å². The Labute approximate surface area is 778 Å². The van der Waals surface area contributed by atoms with E-state index in [4.69, 9.17) is 62.1 Å². The average molecular weight is 1900 g/mol. The summed E-state index contributed by atoms with van der Waals surface area (Å²) in [4.78, 5) is 139. The Hall–Kier alpha value is -12.0. The van der Waals surface area contributed by atoms with E-state index in [2.05, 4.69) is 65.4 Å². The van der Waals surface area contributed by atoms with Crippen LogP contribution in [0.4, 0.5) is 0 Å². The minimum atomic E-state index is -2.46. The summed E-state index contributed by atoms with van der Waals surface area (Å²) in [6, 6.07) is 5.65. The molecule has 7 aromatic rings. The molecule has 7 aromatic carbocycles. The van der Waals surface area contributed by atoms with Crippen molar-refractivity contribution in [1.82, 2.24) is 58.5 Å². The molecule has 0 unspecified atom stereocenters. The number of carboxylic acids is 1. The number of carbonyl (C=O) groups is 9. The molecular weight excluding hydrogens is 1790 g/mol. The van der Waals surface area contributed by atoms with Crippen molar-refractivity contribution >= 4 is 76.4 Å². The predicted octanol–water partition coefficient (Wildman–Crippen LogP) is 3.67. The minimum absolute atomic E-state index is 0.118. The molecule has 0 aliphatic carbocycles. The number of phenolic OH excluding ortho intramolecular Hbond substituents is 4. The van der Waals surface area contributed by atoms with Gasteiger partial charge in [-0.25, -0.2) is 4.79 Å². The maximum absolute atomic E-state index is 16.9. The number of benzene rings is 7. The van der Waals surface area contributed by atoms with Crippen LogP contribution in [0.25, 0.3) is 11.1 Å². The summed E-state index contributed by atoms with van der Waals surface area (Å²) in [5, 5.41) is 168. The molecule has 134 heavy (non-hydrogen) atoms. The smallest absolute Gasteiger partial charge is 0.335 e. The molecule has 18 atom stereocenters. The fourth-order valence-electron chi connectivity index (χ4n) is 16.6.